The molecular weight excluding hydrogens is 394 g/mol. The minimum Gasteiger partial charge on any atom is -0.486 e. The third kappa shape index (κ3) is 4.51. The zero-order valence-corrected chi connectivity index (χ0v) is 16.8. The van der Waals surface area contributed by atoms with Gasteiger partial charge in [0.15, 0.2) is 0 Å². The van der Waals surface area contributed by atoms with Gasteiger partial charge in [-0.25, -0.2) is 0 Å². The maximum atomic E-state index is 12.1. The molecule has 1 amide bonds. The first-order valence-electron chi connectivity index (χ1n) is 9.23. The monoisotopic (exact) mass is 413 g/mol. The maximum Gasteiger partial charge on any atom is 0.220 e. The highest BCUT2D eigenvalue weighted by Gasteiger charge is 2.26. The van der Waals surface area contributed by atoms with Crippen LogP contribution in [-0.4, -0.2) is 28.5 Å². The summed E-state index contributed by atoms with van der Waals surface area (Å²) < 4.78 is 5.96. The number of ether oxygens (including phenoxy) is 1. The second kappa shape index (κ2) is 8.71. The predicted molar refractivity (Wildman–Crippen MR) is 111 cm³/mol. The Kier molecular flexibility index (Phi) is 5.88. The van der Waals surface area contributed by atoms with E-state index in [1.54, 1.807) is 29.9 Å². The standard InChI is InChI=1S/C21H20ClN3O2S/c22-18-11-14(19-13-23-6-7-24-19)9-15-10-16(27-21(15)18)12-25-20(26)5-1-3-17-4-2-8-28-17/h2,4,6-9,11,13,16H,1,3,5,10,12H2,(H,25,26). The molecule has 1 aliphatic heterocycles. The lowest BCUT2D eigenvalue weighted by Crippen LogP contribution is -2.34. The molecule has 4 rings (SSSR count). The van der Waals surface area contributed by atoms with Crippen molar-refractivity contribution in [3.63, 3.8) is 0 Å². The number of carbonyl (C=O) groups is 1. The van der Waals surface area contributed by atoms with E-state index in [-0.39, 0.29) is 12.0 Å². The number of benzene rings is 1. The van der Waals surface area contributed by atoms with Crippen LogP contribution < -0.4 is 10.1 Å². The van der Waals surface area contributed by atoms with E-state index in [1.165, 1.54) is 4.88 Å². The van der Waals surface area contributed by atoms with Gasteiger partial charge in [-0.2, -0.15) is 0 Å². The van der Waals surface area contributed by atoms with Gasteiger partial charge < -0.3 is 10.1 Å². The Hall–Kier alpha value is -2.44. The number of nitrogens with one attached hydrogen (secondary N) is 1. The van der Waals surface area contributed by atoms with E-state index in [0.29, 0.717) is 30.2 Å². The van der Waals surface area contributed by atoms with Crippen molar-refractivity contribution in [2.75, 3.05) is 6.54 Å². The average Bonchev–Trinajstić information content (AvgIpc) is 3.37. The van der Waals surface area contributed by atoms with E-state index in [4.69, 9.17) is 16.3 Å². The van der Waals surface area contributed by atoms with Crippen molar-refractivity contribution in [2.45, 2.75) is 31.8 Å². The highest BCUT2D eigenvalue weighted by Crippen LogP contribution is 2.39. The molecule has 7 heteroatoms. The fraction of sp³-hybridized carbons (Fsp3) is 0.286. The molecule has 2 aromatic heterocycles. The zero-order valence-electron chi connectivity index (χ0n) is 15.2. The van der Waals surface area contributed by atoms with Gasteiger partial charge >= 0.3 is 0 Å². The number of fused-ring (bicyclic) bond motifs is 1. The van der Waals surface area contributed by atoms with Crippen LogP contribution in [0, 0.1) is 0 Å². The number of rotatable bonds is 7. The molecule has 0 bridgehead atoms. The number of hydrogen-bond donors (Lipinski definition) is 1. The molecule has 0 radical (unpaired) electrons. The van der Waals surface area contributed by atoms with Crippen LogP contribution >= 0.6 is 22.9 Å². The SMILES string of the molecule is O=C(CCCc1cccs1)NCC1Cc2cc(-c3cnccn3)cc(Cl)c2O1. The molecule has 0 spiro atoms. The molecule has 0 aliphatic carbocycles. The van der Waals surface area contributed by atoms with Crippen LogP contribution in [-0.2, 0) is 17.6 Å². The lowest BCUT2D eigenvalue weighted by Gasteiger charge is -2.12. The number of hydrogen-bond acceptors (Lipinski definition) is 5. The van der Waals surface area contributed by atoms with Crippen LogP contribution in [0.25, 0.3) is 11.3 Å². The lowest BCUT2D eigenvalue weighted by molar-refractivity contribution is -0.121. The molecule has 0 saturated heterocycles. The first-order valence-corrected chi connectivity index (χ1v) is 10.5. The number of amides is 1. The van der Waals surface area contributed by atoms with Crippen molar-refractivity contribution in [3.05, 3.63) is 63.7 Å². The Morgan fingerprint density at radius 2 is 2.29 bits per heavy atom. The molecule has 3 heterocycles. The van der Waals surface area contributed by atoms with E-state index in [1.807, 2.05) is 18.2 Å². The molecule has 3 aromatic rings. The molecule has 5 nitrogen and oxygen atoms in total. The van der Waals surface area contributed by atoms with Crippen LogP contribution in [0.4, 0.5) is 0 Å². The van der Waals surface area contributed by atoms with Crippen molar-refractivity contribution in [1.82, 2.24) is 15.3 Å². The second-order valence-electron chi connectivity index (χ2n) is 6.72. The molecule has 144 valence electrons. The van der Waals surface area contributed by atoms with Gasteiger partial charge in [0, 0.05) is 41.2 Å². The van der Waals surface area contributed by atoms with Crippen molar-refractivity contribution in [3.8, 4) is 17.0 Å². The van der Waals surface area contributed by atoms with Crippen LogP contribution in [0.3, 0.4) is 0 Å². The first-order chi connectivity index (χ1) is 13.7. The maximum absolute atomic E-state index is 12.1. The summed E-state index contributed by atoms with van der Waals surface area (Å²) in [6.07, 6.45) is 7.92. The smallest absolute Gasteiger partial charge is 0.220 e. The van der Waals surface area contributed by atoms with Crippen molar-refractivity contribution in [1.29, 1.82) is 0 Å². The third-order valence-corrected chi connectivity index (χ3v) is 5.86. The Bertz CT molecular complexity index is 948. The molecule has 1 aromatic carbocycles. The topological polar surface area (TPSA) is 64.1 Å². The van der Waals surface area contributed by atoms with Gasteiger partial charge in [-0.05, 0) is 36.4 Å². The molecular formula is C21H20ClN3O2S. The normalized spacial score (nSPS) is 15.1. The van der Waals surface area contributed by atoms with Gasteiger partial charge in [-0.1, -0.05) is 17.7 Å². The number of carbonyl (C=O) groups excluding carboxylic acids is 1. The van der Waals surface area contributed by atoms with E-state index >= 15 is 0 Å². The Balaban J connectivity index is 1.30. The summed E-state index contributed by atoms with van der Waals surface area (Å²) in [6.45, 7) is 0.476. The lowest BCUT2D eigenvalue weighted by atomic mass is 10.0. The fourth-order valence-corrected chi connectivity index (χ4v) is 4.33. The van der Waals surface area contributed by atoms with Gasteiger partial charge in [0.2, 0.25) is 5.91 Å². The highest BCUT2D eigenvalue weighted by atomic mass is 35.5. The minimum atomic E-state index is -0.106. The molecule has 1 aliphatic rings. The number of thiophene rings is 1. The Morgan fingerprint density at radius 3 is 3.07 bits per heavy atom. The summed E-state index contributed by atoms with van der Waals surface area (Å²) in [5.41, 5.74) is 2.72. The summed E-state index contributed by atoms with van der Waals surface area (Å²) in [7, 11) is 0. The average molecular weight is 414 g/mol. The number of halogens is 1. The predicted octanol–water partition coefficient (Wildman–Crippen LogP) is 4.30. The van der Waals surface area contributed by atoms with Gasteiger partial charge in [0.05, 0.1) is 23.5 Å². The Labute approximate surface area is 172 Å². The van der Waals surface area contributed by atoms with E-state index in [9.17, 15) is 4.79 Å². The van der Waals surface area contributed by atoms with Gasteiger partial charge in [-0.3, -0.25) is 14.8 Å². The number of aryl methyl sites for hydroxylation is 1. The molecule has 1 N–H and O–H groups in total. The first kappa shape index (κ1) is 18.9. The van der Waals surface area contributed by atoms with Crippen LogP contribution in [0.2, 0.25) is 5.02 Å². The molecule has 1 atom stereocenters. The quantitative estimate of drug-likeness (QED) is 0.627. The van der Waals surface area contributed by atoms with E-state index in [2.05, 4.69) is 26.7 Å². The van der Waals surface area contributed by atoms with Crippen LogP contribution in [0.1, 0.15) is 23.3 Å². The van der Waals surface area contributed by atoms with Gasteiger partial charge in [0.25, 0.3) is 0 Å². The summed E-state index contributed by atoms with van der Waals surface area (Å²) in [5.74, 6) is 0.758. The van der Waals surface area contributed by atoms with Gasteiger partial charge in [0.1, 0.15) is 11.9 Å². The molecule has 0 saturated carbocycles. The summed E-state index contributed by atoms with van der Waals surface area (Å²) in [4.78, 5) is 21.8. The summed E-state index contributed by atoms with van der Waals surface area (Å²) in [6, 6.07) is 8.02. The molecule has 1 unspecified atom stereocenters. The number of nitrogens with zero attached hydrogens (tertiary/aromatic N) is 2. The molecule has 28 heavy (non-hydrogen) atoms. The van der Waals surface area contributed by atoms with Crippen LogP contribution in [0.15, 0.2) is 48.2 Å². The van der Waals surface area contributed by atoms with Crippen molar-refractivity contribution in [2.24, 2.45) is 0 Å². The second-order valence-corrected chi connectivity index (χ2v) is 8.16. The highest BCUT2D eigenvalue weighted by molar-refractivity contribution is 7.09. The summed E-state index contributed by atoms with van der Waals surface area (Å²) in [5, 5.41) is 5.60. The van der Waals surface area contributed by atoms with Gasteiger partial charge in [-0.15, -0.1) is 11.3 Å². The zero-order chi connectivity index (χ0) is 19.3. The number of aromatic nitrogens is 2. The van der Waals surface area contributed by atoms with E-state index in [0.717, 1.165) is 29.7 Å². The van der Waals surface area contributed by atoms with Crippen molar-refractivity contribution < 1.29 is 9.53 Å². The van der Waals surface area contributed by atoms with Crippen molar-refractivity contribution >= 4 is 28.8 Å². The third-order valence-electron chi connectivity index (χ3n) is 4.65. The molecule has 0 fully saturated rings. The Morgan fingerprint density at radius 1 is 1.36 bits per heavy atom. The minimum absolute atomic E-state index is 0.0578. The van der Waals surface area contributed by atoms with E-state index < -0.39 is 0 Å². The van der Waals surface area contributed by atoms with Crippen LogP contribution in [0.5, 0.6) is 5.75 Å². The largest absolute Gasteiger partial charge is 0.486 e. The summed E-state index contributed by atoms with van der Waals surface area (Å²) >= 11 is 8.14. The fourth-order valence-electron chi connectivity index (χ4n) is 3.29.